The number of aromatic nitrogens is 1. The molecule has 0 aromatic carbocycles. The topological polar surface area (TPSA) is 62.7 Å². The fraction of sp³-hybridized carbons (Fsp3) is 0.700. The van der Waals surface area contributed by atoms with E-state index < -0.39 is 17.7 Å². The van der Waals surface area contributed by atoms with Crippen LogP contribution in [0.4, 0.5) is 5.69 Å². The van der Waals surface area contributed by atoms with E-state index in [0.717, 1.165) is 46.5 Å². The van der Waals surface area contributed by atoms with Gasteiger partial charge in [0.1, 0.15) is 0 Å². The fourth-order valence-electron chi connectivity index (χ4n) is 3.97. The number of aliphatic carboxylic acids is 1. The summed E-state index contributed by atoms with van der Waals surface area (Å²) in [5.41, 5.74) is 2.69. The molecule has 2 unspecified atom stereocenters. The lowest BCUT2D eigenvalue weighted by atomic mass is 10.0. The number of hydrogen-bond donors (Lipinski definition) is 1. The summed E-state index contributed by atoms with van der Waals surface area (Å²) in [6, 6.07) is 0. The molecule has 1 aromatic heterocycles. The van der Waals surface area contributed by atoms with Crippen LogP contribution >= 0.6 is 15.9 Å². The minimum Gasteiger partial charge on any atom is -0.479 e. The van der Waals surface area contributed by atoms with E-state index in [1.807, 2.05) is 34.6 Å². The zero-order chi connectivity index (χ0) is 19.2. The van der Waals surface area contributed by atoms with Gasteiger partial charge < -0.3 is 14.7 Å². The number of carboxylic acids is 1. The molecule has 2 fully saturated rings. The molecule has 2 atom stereocenters. The molecule has 6 heteroatoms. The molecule has 0 spiro atoms. The molecule has 2 heterocycles. The molecule has 5 nitrogen and oxygen atoms in total. The molecule has 26 heavy (non-hydrogen) atoms. The first-order chi connectivity index (χ1) is 12.1. The molecule has 1 aliphatic heterocycles. The summed E-state index contributed by atoms with van der Waals surface area (Å²) in [4.78, 5) is 19.0. The standard InChI is InChI=1S/C20H29BrN2O3/c1-11-15(18(19(24)25)26-20(3,4)5)17(16(21)12(2)22-11)23-9-8-14(10-23)13-6-7-13/h13-14,18H,6-10H2,1-5H3,(H,24,25). The first-order valence-corrected chi connectivity index (χ1v) is 10.2. The summed E-state index contributed by atoms with van der Waals surface area (Å²) in [5, 5.41) is 9.91. The Hall–Kier alpha value is -1.14. The van der Waals surface area contributed by atoms with E-state index >= 15 is 0 Å². The Kier molecular flexibility index (Phi) is 5.37. The van der Waals surface area contributed by atoms with Crippen molar-refractivity contribution in [1.82, 2.24) is 4.98 Å². The van der Waals surface area contributed by atoms with Crippen molar-refractivity contribution in [2.45, 2.75) is 65.6 Å². The van der Waals surface area contributed by atoms with Gasteiger partial charge in [-0.25, -0.2) is 4.79 Å². The number of hydrogen-bond acceptors (Lipinski definition) is 4. The van der Waals surface area contributed by atoms with Crippen LogP contribution < -0.4 is 4.90 Å². The van der Waals surface area contributed by atoms with Crippen LogP contribution in [0, 0.1) is 25.7 Å². The second-order valence-electron chi connectivity index (χ2n) is 8.64. The molecule has 1 N–H and O–H groups in total. The molecule has 144 valence electrons. The molecular weight excluding hydrogens is 396 g/mol. The highest BCUT2D eigenvalue weighted by molar-refractivity contribution is 9.10. The van der Waals surface area contributed by atoms with E-state index in [9.17, 15) is 9.90 Å². The van der Waals surface area contributed by atoms with Gasteiger partial charge in [0, 0.05) is 24.3 Å². The molecular formula is C20H29BrN2O3. The van der Waals surface area contributed by atoms with E-state index in [0.29, 0.717) is 5.56 Å². The van der Waals surface area contributed by atoms with Crippen LogP contribution in [0.1, 0.15) is 63.1 Å². The number of aryl methyl sites for hydroxylation is 2. The second kappa shape index (κ2) is 7.12. The maximum absolute atomic E-state index is 12.1. The van der Waals surface area contributed by atoms with Crippen LogP contribution in [0.2, 0.25) is 0 Å². The number of carbonyl (C=O) groups is 1. The van der Waals surface area contributed by atoms with Crippen LogP contribution in [0.3, 0.4) is 0 Å². The quantitative estimate of drug-likeness (QED) is 0.745. The van der Waals surface area contributed by atoms with Crippen molar-refractivity contribution in [2.24, 2.45) is 11.8 Å². The van der Waals surface area contributed by atoms with Crippen molar-refractivity contribution < 1.29 is 14.6 Å². The number of halogens is 1. The Bertz CT molecular complexity index is 710. The summed E-state index contributed by atoms with van der Waals surface area (Å²) in [6.07, 6.45) is 2.82. The van der Waals surface area contributed by atoms with Gasteiger partial charge in [0.15, 0.2) is 6.10 Å². The maximum atomic E-state index is 12.1. The third kappa shape index (κ3) is 4.06. The van der Waals surface area contributed by atoms with E-state index in [4.69, 9.17) is 4.74 Å². The molecule has 1 aliphatic carbocycles. The minimum absolute atomic E-state index is 0.564. The van der Waals surface area contributed by atoms with Crippen LogP contribution in [0.5, 0.6) is 0 Å². The van der Waals surface area contributed by atoms with E-state index in [-0.39, 0.29) is 0 Å². The summed E-state index contributed by atoms with van der Waals surface area (Å²) in [7, 11) is 0. The van der Waals surface area contributed by atoms with Gasteiger partial charge in [0.25, 0.3) is 0 Å². The van der Waals surface area contributed by atoms with Crippen LogP contribution in [0.15, 0.2) is 4.47 Å². The minimum atomic E-state index is -1.03. The largest absolute Gasteiger partial charge is 0.479 e. The lowest BCUT2D eigenvalue weighted by molar-refractivity contribution is -0.160. The van der Waals surface area contributed by atoms with Crippen molar-refractivity contribution in [1.29, 1.82) is 0 Å². The SMILES string of the molecule is Cc1nc(C)c(C(OC(C)(C)C)C(=O)O)c(N2CCC(C3CC3)C2)c1Br. The van der Waals surface area contributed by atoms with Crippen molar-refractivity contribution in [3.8, 4) is 0 Å². The summed E-state index contributed by atoms with van der Waals surface area (Å²) in [5.74, 6) is 0.600. The Morgan fingerprint density at radius 1 is 1.23 bits per heavy atom. The van der Waals surface area contributed by atoms with E-state index in [2.05, 4.69) is 25.8 Å². The Balaban J connectivity index is 2.05. The van der Waals surface area contributed by atoms with Gasteiger partial charge in [-0.05, 0) is 81.6 Å². The molecule has 1 saturated heterocycles. The van der Waals surface area contributed by atoms with Crippen molar-refractivity contribution in [2.75, 3.05) is 18.0 Å². The third-order valence-electron chi connectivity index (χ3n) is 5.29. The van der Waals surface area contributed by atoms with E-state index in [1.165, 1.54) is 19.3 Å². The highest BCUT2D eigenvalue weighted by atomic mass is 79.9. The summed E-state index contributed by atoms with van der Waals surface area (Å²) < 4.78 is 6.85. The lowest BCUT2D eigenvalue weighted by Gasteiger charge is -2.31. The zero-order valence-electron chi connectivity index (χ0n) is 16.3. The summed E-state index contributed by atoms with van der Waals surface area (Å²) in [6.45, 7) is 11.4. The predicted octanol–water partition coefficient (Wildman–Crippen LogP) is 4.64. The van der Waals surface area contributed by atoms with Gasteiger partial charge in [-0.2, -0.15) is 0 Å². The molecule has 1 saturated carbocycles. The van der Waals surface area contributed by atoms with Crippen LogP contribution in [-0.2, 0) is 9.53 Å². The average Bonchev–Trinajstić information content (AvgIpc) is 3.26. The second-order valence-corrected chi connectivity index (χ2v) is 9.43. The third-order valence-corrected chi connectivity index (χ3v) is 6.24. The Labute approximate surface area is 164 Å². The molecule has 1 aromatic rings. The van der Waals surface area contributed by atoms with Gasteiger partial charge in [-0.15, -0.1) is 0 Å². The number of rotatable bonds is 5. The predicted molar refractivity (Wildman–Crippen MR) is 106 cm³/mol. The normalized spacial score (nSPS) is 21.9. The van der Waals surface area contributed by atoms with Crippen molar-refractivity contribution >= 4 is 27.6 Å². The first-order valence-electron chi connectivity index (χ1n) is 9.40. The highest BCUT2D eigenvalue weighted by Gasteiger charge is 2.39. The van der Waals surface area contributed by atoms with Crippen LogP contribution in [-0.4, -0.2) is 34.8 Å². The number of pyridine rings is 1. The summed E-state index contributed by atoms with van der Waals surface area (Å²) >= 11 is 3.69. The van der Waals surface area contributed by atoms with Gasteiger partial charge in [0.05, 0.1) is 21.5 Å². The van der Waals surface area contributed by atoms with E-state index in [1.54, 1.807) is 0 Å². The highest BCUT2D eigenvalue weighted by Crippen LogP contribution is 2.46. The fourth-order valence-corrected chi connectivity index (χ4v) is 4.53. The Morgan fingerprint density at radius 2 is 1.88 bits per heavy atom. The Morgan fingerprint density at radius 3 is 2.42 bits per heavy atom. The van der Waals surface area contributed by atoms with Gasteiger partial charge in [-0.1, -0.05) is 0 Å². The molecule has 2 aliphatic rings. The van der Waals surface area contributed by atoms with Gasteiger partial charge in [-0.3, -0.25) is 4.98 Å². The van der Waals surface area contributed by atoms with Gasteiger partial charge >= 0.3 is 5.97 Å². The number of carboxylic acid groups (broad SMARTS) is 1. The molecule has 3 rings (SSSR count). The average molecular weight is 425 g/mol. The smallest absolute Gasteiger partial charge is 0.337 e. The number of anilines is 1. The monoisotopic (exact) mass is 424 g/mol. The first kappa shape index (κ1) is 19.6. The van der Waals surface area contributed by atoms with Gasteiger partial charge in [0.2, 0.25) is 0 Å². The number of nitrogens with zero attached hydrogens (tertiary/aromatic N) is 2. The zero-order valence-corrected chi connectivity index (χ0v) is 17.9. The number of ether oxygens (including phenoxy) is 1. The maximum Gasteiger partial charge on any atom is 0.337 e. The van der Waals surface area contributed by atoms with Crippen molar-refractivity contribution in [3.63, 3.8) is 0 Å². The van der Waals surface area contributed by atoms with Crippen molar-refractivity contribution in [3.05, 3.63) is 21.4 Å². The van der Waals surface area contributed by atoms with Crippen LogP contribution in [0.25, 0.3) is 0 Å². The molecule has 0 amide bonds. The molecule has 0 bridgehead atoms. The molecule has 0 radical (unpaired) electrons. The lowest BCUT2D eigenvalue weighted by Crippen LogP contribution is -2.31.